The van der Waals surface area contributed by atoms with Crippen LogP contribution in [-0.4, -0.2) is 48.6 Å². The lowest BCUT2D eigenvalue weighted by molar-refractivity contribution is -0.123. The minimum absolute atomic E-state index is 0.00934. The van der Waals surface area contributed by atoms with E-state index < -0.39 is 0 Å². The van der Waals surface area contributed by atoms with Crippen molar-refractivity contribution in [2.45, 2.75) is 26.8 Å². The Balaban J connectivity index is 1.47. The van der Waals surface area contributed by atoms with Crippen LogP contribution in [0.5, 0.6) is 5.75 Å². The molecule has 1 amide bonds. The summed E-state index contributed by atoms with van der Waals surface area (Å²) in [6, 6.07) is 13.6. The zero-order chi connectivity index (χ0) is 19.4. The van der Waals surface area contributed by atoms with Crippen molar-refractivity contribution in [1.82, 2.24) is 10.2 Å². The van der Waals surface area contributed by atoms with Gasteiger partial charge in [0.15, 0.2) is 0 Å². The predicted molar refractivity (Wildman–Crippen MR) is 109 cm³/mol. The van der Waals surface area contributed by atoms with Crippen molar-refractivity contribution in [2.75, 3.05) is 37.6 Å². The van der Waals surface area contributed by atoms with Crippen molar-refractivity contribution in [3.63, 3.8) is 0 Å². The molecule has 0 unspecified atom stereocenters. The summed E-state index contributed by atoms with van der Waals surface area (Å²) >= 11 is 0. The number of hydrogen-bond acceptors (Lipinski definition) is 4. The van der Waals surface area contributed by atoms with E-state index in [0.29, 0.717) is 6.54 Å². The molecule has 5 heteroatoms. The molecule has 0 aromatic heterocycles. The highest BCUT2D eigenvalue weighted by atomic mass is 16.3. The lowest BCUT2D eigenvalue weighted by Gasteiger charge is -2.35. The number of hydrogen-bond donors (Lipinski definition) is 2. The highest BCUT2D eigenvalue weighted by molar-refractivity contribution is 5.78. The summed E-state index contributed by atoms with van der Waals surface area (Å²) in [7, 11) is 0. The number of aryl methyl sites for hydroxylation is 2. The number of phenols is 1. The molecule has 0 saturated carbocycles. The number of carbonyl (C=O) groups excluding carboxylic acids is 1. The smallest absolute Gasteiger partial charge is 0.234 e. The molecule has 1 heterocycles. The minimum Gasteiger partial charge on any atom is -0.508 e. The Labute approximate surface area is 161 Å². The van der Waals surface area contributed by atoms with E-state index >= 15 is 0 Å². The highest BCUT2D eigenvalue weighted by Crippen LogP contribution is 2.20. The van der Waals surface area contributed by atoms with Crippen LogP contribution in [0.15, 0.2) is 42.5 Å². The zero-order valence-corrected chi connectivity index (χ0v) is 16.4. The Morgan fingerprint density at radius 2 is 1.70 bits per heavy atom. The van der Waals surface area contributed by atoms with Gasteiger partial charge < -0.3 is 15.3 Å². The molecule has 2 aromatic carbocycles. The summed E-state index contributed by atoms with van der Waals surface area (Å²) in [6.45, 7) is 10.1. The summed E-state index contributed by atoms with van der Waals surface area (Å²) in [4.78, 5) is 16.9. The molecule has 3 rings (SSSR count). The fraction of sp³-hybridized carbons (Fsp3) is 0.409. The first-order valence-electron chi connectivity index (χ1n) is 9.55. The lowest BCUT2D eigenvalue weighted by Crippen LogP contribution is -2.49. The average molecular weight is 367 g/mol. The maximum absolute atomic E-state index is 12.4. The van der Waals surface area contributed by atoms with Gasteiger partial charge in [-0.1, -0.05) is 18.2 Å². The molecule has 2 aromatic rings. The van der Waals surface area contributed by atoms with Crippen LogP contribution in [0.4, 0.5) is 5.69 Å². The van der Waals surface area contributed by atoms with Gasteiger partial charge in [-0.05, 0) is 61.7 Å². The zero-order valence-electron chi connectivity index (χ0n) is 16.4. The number of amides is 1. The topological polar surface area (TPSA) is 55.8 Å². The average Bonchev–Trinajstić information content (AvgIpc) is 2.65. The largest absolute Gasteiger partial charge is 0.508 e. The summed E-state index contributed by atoms with van der Waals surface area (Å²) in [6.07, 6.45) is 0. The van der Waals surface area contributed by atoms with Gasteiger partial charge in [0.1, 0.15) is 5.75 Å². The first-order chi connectivity index (χ1) is 12.9. The van der Waals surface area contributed by atoms with Crippen LogP contribution >= 0.6 is 0 Å². The van der Waals surface area contributed by atoms with Crippen molar-refractivity contribution in [2.24, 2.45) is 0 Å². The quantitative estimate of drug-likeness (QED) is 0.853. The summed E-state index contributed by atoms with van der Waals surface area (Å²) < 4.78 is 0. The molecule has 5 nitrogen and oxygen atoms in total. The number of carbonyl (C=O) groups is 1. The van der Waals surface area contributed by atoms with E-state index in [1.165, 1.54) is 11.1 Å². The maximum Gasteiger partial charge on any atom is 0.234 e. The number of phenolic OH excluding ortho intramolecular Hbond substituents is 1. The molecule has 0 radical (unpaired) electrons. The Bertz CT molecular complexity index is 781. The van der Waals surface area contributed by atoms with Crippen LogP contribution in [0, 0.1) is 13.8 Å². The molecule has 1 saturated heterocycles. The molecule has 1 atom stereocenters. The molecular formula is C22H29N3O2. The van der Waals surface area contributed by atoms with E-state index in [9.17, 15) is 9.90 Å². The van der Waals surface area contributed by atoms with Gasteiger partial charge in [-0.25, -0.2) is 0 Å². The number of piperazine rings is 1. The number of benzene rings is 2. The second-order valence-corrected chi connectivity index (χ2v) is 7.41. The SMILES string of the molecule is Cc1ccc([C@@H](C)NC(=O)CN2CCN(c3ccc(O)cc3)CC2)cc1C. The molecule has 0 spiro atoms. The van der Waals surface area contributed by atoms with Crippen LogP contribution in [-0.2, 0) is 4.79 Å². The Hall–Kier alpha value is -2.53. The summed E-state index contributed by atoms with van der Waals surface area (Å²) in [5.74, 6) is 0.353. The van der Waals surface area contributed by atoms with Gasteiger partial charge in [0.25, 0.3) is 0 Å². The van der Waals surface area contributed by atoms with E-state index in [4.69, 9.17) is 0 Å². The molecule has 144 valence electrons. The van der Waals surface area contributed by atoms with Gasteiger partial charge in [-0.3, -0.25) is 9.69 Å². The third kappa shape index (κ3) is 5.01. The molecule has 0 bridgehead atoms. The predicted octanol–water partition coefficient (Wildman–Crippen LogP) is 3.01. The molecule has 1 aliphatic rings. The molecule has 0 aliphatic carbocycles. The number of aromatic hydroxyl groups is 1. The van der Waals surface area contributed by atoms with Crippen LogP contribution in [0.1, 0.15) is 29.7 Å². The first kappa shape index (κ1) is 19.2. The second kappa shape index (κ2) is 8.44. The van der Waals surface area contributed by atoms with E-state index in [0.717, 1.165) is 37.4 Å². The highest BCUT2D eigenvalue weighted by Gasteiger charge is 2.20. The van der Waals surface area contributed by atoms with Crippen molar-refractivity contribution in [3.05, 3.63) is 59.2 Å². The van der Waals surface area contributed by atoms with E-state index in [1.54, 1.807) is 12.1 Å². The Morgan fingerprint density at radius 1 is 1.04 bits per heavy atom. The minimum atomic E-state index is 0.00934. The van der Waals surface area contributed by atoms with Gasteiger partial charge in [-0.15, -0.1) is 0 Å². The standard InChI is InChI=1S/C22H29N3O2/c1-16-4-5-19(14-17(16)2)18(3)23-22(27)15-24-10-12-25(13-11-24)20-6-8-21(26)9-7-20/h4-9,14,18,26H,10-13,15H2,1-3H3,(H,23,27)/t18-/m1/s1. The van der Waals surface area contributed by atoms with Gasteiger partial charge in [0, 0.05) is 31.9 Å². The molecule has 1 aliphatic heterocycles. The van der Waals surface area contributed by atoms with Crippen molar-refractivity contribution in [3.8, 4) is 5.75 Å². The first-order valence-corrected chi connectivity index (χ1v) is 9.55. The van der Waals surface area contributed by atoms with Crippen molar-refractivity contribution >= 4 is 11.6 Å². The number of nitrogens with one attached hydrogen (secondary N) is 1. The second-order valence-electron chi connectivity index (χ2n) is 7.41. The van der Waals surface area contributed by atoms with E-state index in [1.807, 2.05) is 19.1 Å². The fourth-order valence-corrected chi connectivity index (χ4v) is 3.44. The van der Waals surface area contributed by atoms with Crippen LogP contribution < -0.4 is 10.2 Å². The van der Waals surface area contributed by atoms with Crippen molar-refractivity contribution in [1.29, 1.82) is 0 Å². The molecule has 1 fully saturated rings. The summed E-state index contributed by atoms with van der Waals surface area (Å²) in [5.41, 5.74) is 4.77. The molecule has 2 N–H and O–H groups in total. The van der Waals surface area contributed by atoms with Gasteiger partial charge >= 0.3 is 0 Å². The van der Waals surface area contributed by atoms with Gasteiger partial charge in [0.05, 0.1) is 12.6 Å². The van der Waals surface area contributed by atoms with Gasteiger partial charge in [-0.2, -0.15) is 0 Å². The fourth-order valence-electron chi connectivity index (χ4n) is 3.44. The maximum atomic E-state index is 12.4. The Kier molecular flexibility index (Phi) is 6.01. The third-order valence-electron chi connectivity index (χ3n) is 5.36. The van der Waals surface area contributed by atoms with E-state index in [-0.39, 0.29) is 17.7 Å². The number of anilines is 1. The van der Waals surface area contributed by atoms with E-state index in [2.05, 4.69) is 47.2 Å². The van der Waals surface area contributed by atoms with Crippen LogP contribution in [0.3, 0.4) is 0 Å². The normalized spacial score (nSPS) is 16.2. The molecular weight excluding hydrogens is 338 g/mol. The van der Waals surface area contributed by atoms with Crippen molar-refractivity contribution < 1.29 is 9.90 Å². The third-order valence-corrected chi connectivity index (χ3v) is 5.36. The van der Waals surface area contributed by atoms with Crippen LogP contribution in [0.2, 0.25) is 0 Å². The van der Waals surface area contributed by atoms with Crippen LogP contribution in [0.25, 0.3) is 0 Å². The summed E-state index contributed by atoms with van der Waals surface area (Å²) in [5, 5.41) is 12.5. The Morgan fingerprint density at radius 3 is 2.33 bits per heavy atom. The van der Waals surface area contributed by atoms with Gasteiger partial charge in [0.2, 0.25) is 5.91 Å². The monoisotopic (exact) mass is 367 g/mol. The number of nitrogens with zero attached hydrogens (tertiary/aromatic N) is 2. The lowest BCUT2D eigenvalue weighted by atomic mass is 10.0. The molecule has 27 heavy (non-hydrogen) atoms. The number of rotatable bonds is 5.